The van der Waals surface area contributed by atoms with Crippen LogP contribution in [0.4, 0.5) is 5.69 Å². The van der Waals surface area contributed by atoms with Crippen molar-refractivity contribution in [2.24, 2.45) is 0 Å². The van der Waals surface area contributed by atoms with Crippen LogP contribution in [0.25, 0.3) is 11.0 Å². The molecule has 0 aliphatic heterocycles. The number of aryl methyl sites for hydroxylation is 2. The Labute approximate surface area is 150 Å². The van der Waals surface area contributed by atoms with Gasteiger partial charge in [0.15, 0.2) is 5.78 Å². The second-order valence-electron chi connectivity index (χ2n) is 6.04. The van der Waals surface area contributed by atoms with Gasteiger partial charge in [-0.2, -0.15) is 0 Å². The summed E-state index contributed by atoms with van der Waals surface area (Å²) < 4.78 is 1.63. The van der Waals surface area contributed by atoms with Crippen molar-refractivity contribution in [1.29, 1.82) is 0 Å². The van der Waals surface area contributed by atoms with Crippen LogP contribution >= 0.6 is 0 Å². The van der Waals surface area contributed by atoms with Crippen LogP contribution in [0.2, 0.25) is 0 Å². The minimum absolute atomic E-state index is 0.0657. The maximum atomic E-state index is 12.6. The van der Waals surface area contributed by atoms with Crippen molar-refractivity contribution < 1.29 is 9.59 Å². The smallest absolute Gasteiger partial charge is 0.272 e. The third-order valence-corrected chi connectivity index (χ3v) is 4.21. The molecule has 0 atom stereocenters. The number of rotatable bonds is 4. The summed E-state index contributed by atoms with van der Waals surface area (Å²) >= 11 is 0. The Morgan fingerprint density at radius 2 is 1.88 bits per heavy atom. The Morgan fingerprint density at radius 3 is 2.58 bits per heavy atom. The summed E-state index contributed by atoms with van der Waals surface area (Å²) in [6, 6.07) is 11.8. The number of Topliss-reactive ketones (excluding diaryl/α,β-unsaturated/α-hetero) is 1. The average molecular weight is 349 g/mol. The first kappa shape index (κ1) is 17.5. The Morgan fingerprint density at radius 1 is 1.12 bits per heavy atom. The van der Waals surface area contributed by atoms with E-state index in [-0.39, 0.29) is 17.2 Å². The van der Waals surface area contributed by atoms with Gasteiger partial charge in [0.25, 0.3) is 11.5 Å². The molecule has 0 aliphatic rings. The molecule has 0 saturated carbocycles. The summed E-state index contributed by atoms with van der Waals surface area (Å²) in [5.74, 6) is -0.370. The van der Waals surface area contributed by atoms with E-state index in [1.807, 2.05) is 6.92 Å². The first-order chi connectivity index (χ1) is 12.4. The number of carbonyl (C=O) groups is 2. The molecule has 2 aromatic carbocycles. The van der Waals surface area contributed by atoms with E-state index in [0.717, 1.165) is 0 Å². The largest absolute Gasteiger partial charge is 0.322 e. The molecule has 1 heterocycles. The molecule has 26 heavy (non-hydrogen) atoms. The first-order valence-electron chi connectivity index (χ1n) is 8.34. The number of nitrogens with zero attached hydrogens (tertiary/aromatic N) is 2. The second-order valence-corrected chi connectivity index (χ2v) is 6.04. The molecule has 0 spiro atoms. The van der Waals surface area contributed by atoms with Crippen LogP contribution in [0.15, 0.2) is 47.3 Å². The molecule has 132 valence electrons. The fourth-order valence-corrected chi connectivity index (χ4v) is 2.85. The van der Waals surface area contributed by atoms with Crippen molar-refractivity contribution in [3.05, 3.63) is 69.6 Å². The van der Waals surface area contributed by atoms with Gasteiger partial charge in [0.2, 0.25) is 0 Å². The number of fused-ring (bicyclic) bond motifs is 1. The van der Waals surface area contributed by atoms with E-state index in [1.54, 1.807) is 54.0 Å². The van der Waals surface area contributed by atoms with Gasteiger partial charge in [0, 0.05) is 23.4 Å². The molecule has 0 bridgehead atoms. The topological polar surface area (TPSA) is 81.1 Å². The molecule has 1 amide bonds. The van der Waals surface area contributed by atoms with Gasteiger partial charge >= 0.3 is 0 Å². The summed E-state index contributed by atoms with van der Waals surface area (Å²) in [5, 5.41) is 2.79. The molecular weight excluding hydrogens is 330 g/mol. The van der Waals surface area contributed by atoms with Crippen molar-refractivity contribution in [3.8, 4) is 0 Å². The van der Waals surface area contributed by atoms with Crippen LogP contribution in [0.1, 0.15) is 40.3 Å². The lowest BCUT2D eigenvalue weighted by Crippen LogP contribution is -2.23. The highest BCUT2D eigenvalue weighted by atomic mass is 16.2. The van der Waals surface area contributed by atoms with Crippen LogP contribution in [0.3, 0.4) is 0 Å². The van der Waals surface area contributed by atoms with Crippen LogP contribution in [0, 0.1) is 6.92 Å². The molecule has 6 heteroatoms. The average Bonchev–Trinajstić information content (AvgIpc) is 2.62. The highest BCUT2D eigenvalue weighted by molar-refractivity contribution is 6.06. The number of aromatic nitrogens is 2. The normalized spacial score (nSPS) is 10.7. The third kappa shape index (κ3) is 3.26. The minimum atomic E-state index is -0.304. The Balaban J connectivity index is 1.96. The van der Waals surface area contributed by atoms with Crippen LogP contribution in [-0.2, 0) is 6.54 Å². The van der Waals surface area contributed by atoms with Gasteiger partial charge in [-0.3, -0.25) is 14.4 Å². The van der Waals surface area contributed by atoms with Crippen LogP contribution < -0.4 is 10.9 Å². The molecule has 1 aromatic heterocycles. The summed E-state index contributed by atoms with van der Waals surface area (Å²) in [6.07, 6.45) is 0. The highest BCUT2D eigenvalue weighted by Gasteiger charge is 2.12. The predicted octanol–water partition coefficient (Wildman–Crippen LogP) is 3.18. The summed E-state index contributed by atoms with van der Waals surface area (Å²) in [5.41, 5.74) is 3.06. The van der Waals surface area contributed by atoms with Gasteiger partial charge in [-0.25, -0.2) is 4.98 Å². The van der Waals surface area contributed by atoms with Gasteiger partial charge in [-0.05, 0) is 51.1 Å². The second kappa shape index (κ2) is 6.92. The zero-order valence-electron chi connectivity index (χ0n) is 14.9. The van der Waals surface area contributed by atoms with E-state index in [0.29, 0.717) is 40.1 Å². The molecule has 3 rings (SSSR count). The number of nitrogens with one attached hydrogen (secondary N) is 1. The number of carbonyl (C=O) groups excluding carboxylic acids is 2. The van der Waals surface area contributed by atoms with Crippen molar-refractivity contribution in [2.75, 3.05) is 5.32 Å². The van der Waals surface area contributed by atoms with Crippen LogP contribution in [-0.4, -0.2) is 21.2 Å². The lowest BCUT2D eigenvalue weighted by atomic mass is 10.1. The molecule has 3 aromatic rings. The molecule has 0 aliphatic carbocycles. The monoisotopic (exact) mass is 349 g/mol. The fourth-order valence-electron chi connectivity index (χ4n) is 2.85. The van der Waals surface area contributed by atoms with Crippen molar-refractivity contribution >= 4 is 28.4 Å². The van der Waals surface area contributed by atoms with Crippen molar-refractivity contribution in [1.82, 2.24) is 9.55 Å². The molecule has 0 fully saturated rings. The number of anilines is 1. The number of amides is 1. The Kier molecular flexibility index (Phi) is 4.67. The number of hydrogen-bond donors (Lipinski definition) is 1. The van der Waals surface area contributed by atoms with Gasteiger partial charge in [0.1, 0.15) is 5.69 Å². The predicted molar refractivity (Wildman–Crippen MR) is 101 cm³/mol. The van der Waals surface area contributed by atoms with Gasteiger partial charge in [0.05, 0.1) is 11.0 Å². The minimum Gasteiger partial charge on any atom is -0.322 e. The standard InChI is InChI=1S/C20H19N3O3/c1-4-23-18-9-8-15(11-17(18)21-12(2)20(23)26)19(25)22-16-7-5-6-14(10-16)13(3)24/h5-11H,4H2,1-3H3,(H,22,25). The lowest BCUT2D eigenvalue weighted by molar-refractivity contribution is 0.101. The van der Waals surface area contributed by atoms with Gasteiger partial charge < -0.3 is 9.88 Å². The van der Waals surface area contributed by atoms with E-state index < -0.39 is 0 Å². The first-order valence-corrected chi connectivity index (χ1v) is 8.34. The van der Waals surface area contributed by atoms with Crippen molar-refractivity contribution in [3.63, 3.8) is 0 Å². The molecule has 0 unspecified atom stereocenters. The van der Waals surface area contributed by atoms with E-state index in [9.17, 15) is 14.4 Å². The van der Waals surface area contributed by atoms with Gasteiger partial charge in [-0.15, -0.1) is 0 Å². The fraction of sp³-hybridized carbons (Fsp3) is 0.200. The Bertz CT molecular complexity index is 1080. The molecule has 6 nitrogen and oxygen atoms in total. The quantitative estimate of drug-likeness (QED) is 0.734. The number of ketones is 1. The maximum Gasteiger partial charge on any atom is 0.272 e. The van der Waals surface area contributed by atoms with E-state index >= 15 is 0 Å². The van der Waals surface area contributed by atoms with Gasteiger partial charge in [-0.1, -0.05) is 12.1 Å². The third-order valence-electron chi connectivity index (χ3n) is 4.21. The zero-order chi connectivity index (χ0) is 18.8. The summed E-state index contributed by atoms with van der Waals surface area (Å²) in [6.45, 7) is 5.56. The van der Waals surface area contributed by atoms with E-state index in [4.69, 9.17) is 0 Å². The highest BCUT2D eigenvalue weighted by Crippen LogP contribution is 2.16. The maximum absolute atomic E-state index is 12.6. The Hall–Kier alpha value is -3.28. The zero-order valence-corrected chi connectivity index (χ0v) is 14.9. The van der Waals surface area contributed by atoms with Crippen LogP contribution in [0.5, 0.6) is 0 Å². The number of hydrogen-bond acceptors (Lipinski definition) is 4. The molecule has 0 saturated heterocycles. The summed E-state index contributed by atoms with van der Waals surface area (Å²) in [4.78, 5) is 40.5. The lowest BCUT2D eigenvalue weighted by Gasteiger charge is -2.11. The molecule has 0 radical (unpaired) electrons. The molecular formula is C20H19N3O3. The van der Waals surface area contributed by atoms with E-state index in [1.165, 1.54) is 6.92 Å². The number of benzene rings is 2. The van der Waals surface area contributed by atoms with E-state index in [2.05, 4.69) is 10.3 Å². The SMILES string of the molecule is CCn1c(=O)c(C)nc2cc(C(=O)Nc3cccc(C(C)=O)c3)ccc21. The molecule has 1 N–H and O–H groups in total. The van der Waals surface area contributed by atoms with Crippen molar-refractivity contribution in [2.45, 2.75) is 27.3 Å². The summed E-state index contributed by atoms with van der Waals surface area (Å²) in [7, 11) is 0.